The Morgan fingerprint density at radius 3 is 3.10 bits per heavy atom. The van der Waals surface area contributed by atoms with Crippen LogP contribution in [0.3, 0.4) is 0 Å². The number of fused-ring (bicyclic) bond motifs is 1. The molecular weight excluding hydrogens is 281 g/mol. The number of aromatic nitrogens is 3. The minimum Gasteiger partial charge on any atom is -0.511 e. The zero-order valence-electron chi connectivity index (χ0n) is 11.1. The normalized spacial score (nSPS) is 18.9. The summed E-state index contributed by atoms with van der Waals surface area (Å²) in [6.07, 6.45) is 1.07. The predicted octanol–water partition coefficient (Wildman–Crippen LogP) is -1.51. The Hall–Kier alpha value is -1.88. The van der Waals surface area contributed by atoms with Crippen molar-refractivity contribution in [3.8, 4) is 5.75 Å². The van der Waals surface area contributed by atoms with Crippen molar-refractivity contribution in [1.82, 2.24) is 14.5 Å². The Kier molecular flexibility index (Phi) is 3.93. The Labute approximate surface area is 119 Å². The van der Waals surface area contributed by atoms with Crippen molar-refractivity contribution in [3.63, 3.8) is 0 Å². The van der Waals surface area contributed by atoms with Gasteiger partial charge in [0.25, 0.3) is 0 Å². The molecule has 0 bridgehead atoms. The van der Waals surface area contributed by atoms with Gasteiger partial charge in [0, 0.05) is 6.07 Å². The Morgan fingerprint density at radius 1 is 1.52 bits per heavy atom. The molecule has 9 nitrogen and oxygen atoms in total. The van der Waals surface area contributed by atoms with Crippen molar-refractivity contribution in [2.75, 3.05) is 19.8 Å². The molecule has 2 aromatic rings. The summed E-state index contributed by atoms with van der Waals surface area (Å²) in [4.78, 5) is 18.6. The van der Waals surface area contributed by atoms with Gasteiger partial charge in [-0.25, -0.2) is 9.78 Å². The third-order valence-corrected chi connectivity index (χ3v) is 3.12. The fourth-order valence-electron chi connectivity index (χ4n) is 2.23. The van der Waals surface area contributed by atoms with Crippen molar-refractivity contribution in [3.05, 3.63) is 22.7 Å². The second-order valence-electron chi connectivity index (χ2n) is 4.59. The number of nitrogens with one attached hydrogen (secondary N) is 1. The van der Waals surface area contributed by atoms with E-state index in [1.807, 2.05) is 0 Å². The van der Waals surface area contributed by atoms with Crippen molar-refractivity contribution < 1.29 is 24.2 Å². The summed E-state index contributed by atoms with van der Waals surface area (Å²) in [6, 6.07) is 1.50. The molecular formula is C11H14BN3O6. The highest BCUT2D eigenvalue weighted by Crippen LogP contribution is 2.17. The Bertz CT molecular complexity index is 678. The number of hydrogen-bond donors (Lipinski definition) is 3. The third kappa shape index (κ3) is 3.08. The smallest absolute Gasteiger partial charge is 0.511 e. The number of aromatic amines is 1. The largest absolute Gasteiger partial charge is 0.707 e. The van der Waals surface area contributed by atoms with E-state index in [0.717, 1.165) is 0 Å². The second kappa shape index (κ2) is 5.86. The number of pyridine rings is 1. The molecule has 0 saturated carbocycles. The first-order valence-corrected chi connectivity index (χ1v) is 6.44. The molecule has 1 fully saturated rings. The molecule has 112 valence electrons. The lowest BCUT2D eigenvalue weighted by Gasteiger charge is -2.23. The van der Waals surface area contributed by atoms with E-state index in [-0.39, 0.29) is 17.5 Å². The highest BCUT2D eigenvalue weighted by molar-refractivity contribution is 6.33. The van der Waals surface area contributed by atoms with Gasteiger partial charge in [-0.2, -0.15) is 0 Å². The molecule has 10 heteroatoms. The summed E-state index contributed by atoms with van der Waals surface area (Å²) in [5.74, 6) is 0.145. The zero-order valence-corrected chi connectivity index (χ0v) is 11.1. The number of nitrogens with zero attached hydrogens (tertiary/aromatic N) is 2. The molecule has 0 spiro atoms. The molecule has 3 rings (SSSR count). The quantitative estimate of drug-likeness (QED) is 0.586. The lowest BCUT2D eigenvalue weighted by molar-refractivity contribution is -0.0935. The highest BCUT2D eigenvalue weighted by atomic mass is 16.6. The molecule has 1 atom stereocenters. The maximum atomic E-state index is 12.0. The van der Waals surface area contributed by atoms with Crippen LogP contribution in [-0.2, 0) is 16.0 Å². The summed E-state index contributed by atoms with van der Waals surface area (Å²) in [5, 5.41) is 17.6. The van der Waals surface area contributed by atoms with Crippen LogP contribution in [-0.4, -0.2) is 57.8 Å². The molecule has 0 aliphatic carbocycles. The first-order chi connectivity index (χ1) is 10.1. The maximum Gasteiger partial charge on any atom is 0.707 e. The van der Waals surface area contributed by atoms with Crippen LogP contribution in [0.1, 0.15) is 0 Å². The van der Waals surface area contributed by atoms with E-state index in [9.17, 15) is 4.79 Å². The van der Waals surface area contributed by atoms with Gasteiger partial charge in [-0.15, -0.1) is 0 Å². The van der Waals surface area contributed by atoms with E-state index in [1.165, 1.54) is 16.8 Å². The third-order valence-electron chi connectivity index (χ3n) is 3.12. The van der Waals surface area contributed by atoms with Gasteiger partial charge in [-0.1, -0.05) is 0 Å². The molecule has 0 unspecified atom stereocenters. The molecule has 1 aliphatic rings. The second-order valence-corrected chi connectivity index (χ2v) is 4.59. The molecule has 3 heterocycles. The Balaban J connectivity index is 1.92. The van der Waals surface area contributed by atoms with Gasteiger partial charge >= 0.3 is 13.0 Å². The summed E-state index contributed by atoms with van der Waals surface area (Å²) in [7, 11) is -1.95. The van der Waals surface area contributed by atoms with Crippen molar-refractivity contribution in [1.29, 1.82) is 0 Å². The minimum absolute atomic E-state index is 0.145. The topological polar surface area (TPSA) is 119 Å². The van der Waals surface area contributed by atoms with Crippen molar-refractivity contribution in [2.24, 2.45) is 0 Å². The van der Waals surface area contributed by atoms with Gasteiger partial charge < -0.3 is 24.2 Å². The van der Waals surface area contributed by atoms with Gasteiger partial charge in [0.05, 0.1) is 44.2 Å². The number of hydrogen-bond acceptors (Lipinski definition) is 7. The summed E-state index contributed by atoms with van der Waals surface area (Å²) in [6.45, 7) is 1.77. The maximum absolute atomic E-state index is 12.0. The van der Waals surface area contributed by atoms with Crippen molar-refractivity contribution >= 4 is 18.5 Å². The van der Waals surface area contributed by atoms with Crippen LogP contribution in [0.5, 0.6) is 5.75 Å². The van der Waals surface area contributed by atoms with Crippen LogP contribution in [0.25, 0.3) is 11.2 Å². The van der Waals surface area contributed by atoms with Crippen LogP contribution < -0.4 is 10.3 Å². The first kappa shape index (κ1) is 14.1. The summed E-state index contributed by atoms with van der Waals surface area (Å²) >= 11 is 0. The minimum atomic E-state index is -1.95. The van der Waals surface area contributed by atoms with E-state index < -0.39 is 7.32 Å². The number of ether oxygens (including phenoxy) is 2. The molecule has 0 radical (unpaired) electrons. The SMILES string of the molecule is O=c1[nH]c2ncc(OB(O)O)cc2n1C[C@H]1COCCO1. The van der Waals surface area contributed by atoms with Crippen LogP contribution in [0.2, 0.25) is 0 Å². The molecule has 21 heavy (non-hydrogen) atoms. The van der Waals surface area contributed by atoms with E-state index in [2.05, 4.69) is 9.97 Å². The molecule has 2 aromatic heterocycles. The summed E-state index contributed by atoms with van der Waals surface area (Å²) < 4.78 is 17.0. The van der Waals surface area contributed by atoms with Gasteiger partial charge in [-0.05, 0) is 0 Å². The first-order valence-electron chi connectivity index (χ1n) is 6.44. The monoisotopic (exact) mass is 295 g/mol. The van der Waals surface area contributed by atoms with Gasteiger partial charge in [0.1, 0.15) is 5.75 Å². The molecule has 1 aliphatic heterocycles. The molecule has 0 amide bonds. The zero-order chi connectivity index (χ0) is 14.8. The van der Waals surface area contributed by atoms with E-state index in [4.69, 9.17) is 24.2 Å². The van der Waals surface area contributed by atoms with E-state index in [0.29, 0.717) is 37.5 Å². The van der Waals surface area contributed by atoms with Crippen LogP contribution >= 0.6 is 0 Å². The van der Waals surface area contributed by atoms with Gasteiger partial charge in [-0.3, -0.25) is 9.55 Å². The van der Waals surface area contributed by atoms with Crippen LogP contribution in [0.4, 0.5) is 0 Å². The Morgan fingerprint density at radius 2 is 2.38 bits per heavy atom. The van der Waals surface area contributed by atoms with E-state index in [1.54, 1.807) is 0 Å². The highest BCUT2D eigenvalue weighted by Gasteiger charge is 2.19. The lowest BCUT2D eigenvalue weighted by atomic mass is 10.2. The number of rotatable bonds is 4. The van der Waals surface area contributed by atoms with Crippen molar-refractivity contribution in [2.45, 2.75) is 12.6 Å². The predicted molar refractivity (Wildman–Crippen MR) is 71.7 cm³/mol. The van der Waals surface area contributed by atoms with Gasteiger partial charge in [0.2, 0.25) is 0 Å². The average Bonchev–Trinajstić information content (AvgIpc) is 2.76. The number of H-pyrrole nitrogens is 1. The molecule has 0 aromatic carbocycles. The van der Waals surface area contributed by atoms with Crippen LogP contribution in [0.15, 0.2) is 17.1 Å². The molecule has 3 N–H and O–H groups in total. The molecule has 1 saturated heterocycles. The van der Waals surface area contributed by atoms with Crippen LogP contribution in [0, 0.1) is 0 Å². The average molecular weight is 295 g/mol. The van der Waals surface area contributed by atoms with Gasteiger partial charge in [0.15, 0.2) is 5.65 Å². The summed E-state index contributed by atoms with van der Waals surface area (Å²) in [5.41, 5.74) is 0.553. The fraction of sp³-hybridized carbons (Fsp3) is 0.455. The fourth-order valence-corrected chi connectivity index (χ4v) is 2.23. The standard InChI is InChI=1S/C11H14BN3O6/c16-11-14-10-9(3-7(4-13-10)21-12(17)18)15(11)5-8-6-19-1-2-20-8/h3-4,8,17-18H,1-2,5-6H2,(H,13,14,16)/t8-/m0/s1. The lowest BCUT2D eigenvalue weighted by Crippen LogP contribution is -2.34. The van der Waals surface area contributed by atoms with E-state index >= 15 is 0 Å². The number of imidazole rings is 1.